The van der Waals surface area contributed by atoms with E-state index in [1.807, 2.05) is 13.0 Å². The van der Waals surface area contributed by atoms with Crippen molar-refractivity contribution in [2.45, 2.75) is 27.2 Å². The van der Waals surface area contributed by atoms with Crippen molar-refractivity contribution >= 4 is 5.69 Å². The number of nitrogens with zero attached hydrogens (tertiary/aromatic N) is 1. The Hall–Kier alpha value is -1.18. The molecule has 0 N–H and O–H groups in total. The average Bonchev–Trinajstić information content (AvgIpc) is 2.27. The lowest BCUT2D eigenvalue weighted by atomic mass is 10.2. The second-order valence-corrected chi connectivity index (χ2v) is 3.51. The van der Waals surface area contributed by atoms with Crippen molar-refractivity contribution in [3.8, 4) is 5.75 Å². The van der Waals surface area contributed by atoms with E-state index >= 15 is 0 Å². The summed E-state index contributed by atoms with van der Waals surface area (Å²) < 4.78 is 5.49. The highest BCUT2D eigenvalue weighted by molar-refractivity contribution is 5.50. The van der Waals surface area contributed by atoms with Crippen molar-refractivity contribution < 1.29 is 4.74 Å². The Morgan fingerprint density at radius 3 is 2.60 bits per heavy atom. The zero-order valence-electron chi connectivity index (χ0n) is 9.99. The fourth-order valence-corrected chi connectivity index (χ4v) is 1.68. The molecule has 0 heterocycles. The van der Waals surface area contributed by atoms with Gasteiger partial charge in [0.05, 0.1) is 6.61 Å². The first-order valence-electron chi connectivity index (χ1n) is 5.79. The summed E-state index contributed by atoms with van der Waals surface area (Å²) >= 11 is 0. The molecule has 0 bridgehead atoms. The molecule has 1 aromatic carbocycles. The minimum atomic E-state index is 0.726. The lowest BCUT2D eigenvalue weighted by Gasteiger charge is -2.22. The zero-order valence-corrected chi connectivity index (χ0v) is 9.99. The zero-order chi connectivity index (χ0) is 11.1. The van der Waals surface area contributed by atoms with Gasteiger partial charge in [-0.3, -0.25) is 0 Å². The van der Waals surface area contributed by atoms with Crippen LogP contribution >= 0.6 is 0 Å². The molecule has 0 aromatic heterocycles. The molecule has 1 rings (SSSR count). The maximum Gasteiger partial charge on any atom is 0.121 e. The van der Waals surface area contributed by atoms with Gasteiger partial charge in [-0.05, 0) is 32.4 Å². The Kier molecular flexibility index (Phi) is 5.02. The van der Waals surface area contributed by atoms with E-state index in [1.165, 1.54) is 12.1 Å². The largest absolute Gasteiger partial charge is 0.494 e. The van der Waals surface area contributed by atoms with Gasteiger partial charge in [0.2, 0.25) is 0 Å². The summed E-state index contributed by atoms with van der Waals surface area (Å²) in [6, 6.07) is 8.32. The fourth-order valence-electron chi connectivity index (χ4n) is 1.68. The van der Waals surface area contributed by atoms with Gasteiger partial charge in [0, 0.05) is 24.8 Å². The molecule has 0 radical (unpaired) electrons. The minimum absolute atomic E-state index is 0.726. The molecule has 0 saturated carbocycles. The third kappa shape index (κ3) is 3.46. The van der Waals surface area contributed by atoms with Gasteiger partial charge in [-0.1, -0.05) is 13.0 Å². The fraction of sp³-hybridized carbons (Fsp3) is 0.538. The Morgan fingerprint density at radius 1 is 1.20 bits per heavy atom. The summed E-state index contributed by atoms with van der Waals surface area (Å²) in [6.07, 6.45) is 1.17. The molecular weight excluding hydrogens is 186 g/mol. The predicted octanol–water partition coefficient (Wildman–Crippen LogP) is 3.32. The van der Waals surface area contributed by atoms with E-state index in [1.54, 1.807) is 0 Å². The molecule has 2 nitrogen and oxygen atoms in total. The van der Waals surface area contributed by atoms with Crippen LogP contribution in [0.4, 0.5) is 5.69 Å². The van der Waals surface area contributed by atoms with E-state index < -0.39 is 0 Å². The van der Waals surface area contributed by atoms with Crippen molar-refractivity contribution in [1.29, 1.82) is 0 Å². The van der Waals surface area contributed by atoms with Crippen LogP contribution in [0, 0.1) is 0 Å². The Balaban J connectivity index is 2.77. The van der Waals surface area contributed by atoms with Crippen LogP contribution in [-0.4, -0.2) is 19.7 Å². The Bertz CT molecular complexity index is 286. The van der Waals surface area contributed by atoms with E-state index in [2.05, 4.69) is 36.9 Å². The molecule has 84 valence electrons. The molecule has 1 aromatic rings. The van der Waals surface area contributed by atoms with Crippen LogP contribution in [0.2, 0.25) is 0 Å². The van der Waals surface area contributed by atoms with Gasteiger partial charge >= 0.3 is 0 Å². The monoisotopic (exact) mass is 207 g/mol. The summed E-state index contributed by atoms with van der Waals surface area (Å²) in [5.74, 6) is 0.963. The van der Waals surface area contributed by atoms with E-state index in [9.17, 15) is 0 Å². The molecule has 15 heavy (non-hydrogen) atoms. The average molecular weight is 207 g/mol. The summed E-state index contributed by atoms with van der Waals surface area (Å²) in [5.41, 5.74) is 1.25. The third-order valence-electron chi connectivity index (χ3n) is 2.37. The second kappa shape index (κ2) is 6.33. The summed E-state index contributed by atoms with van der Waals surface area (Å²) in [4.78, 5) is 2.36. The van der Waals surface area contributed by atoms with E-state index in [0.29, 0.717) is 0 Å². The quantitative estimate of drug-likeness (QED) is 0.709. The Labute approximate surface area is 92.9 Å². The second-order valence-electron chi connectivity index (χ2n) is 3.51. The van der Waals surface area contributed by atoms with Crippen LogP contribution in [0.1, 0.15) is 27.2 Å². The van der Waals surface area contributed by atoms with Crippen LogP contribution < -0.4 is 9.64 Å². The summed E-state index contributed by atoms with van der Waals surface area (Å²) in [6.45, 7) is 9.27. The molecule has 0 fully saturated rings. The maximum absolute atomic E-state index is 5.49. The molecular formula is C13H21NO. The van der Waals surface area contributed by atoms with E-state index in [-0.39, 0.29) is 0 Å². The lowest BCUT2D eigenvalue weighted by Crippen LogP contribution is -2.23. The molecule has 0 unspecified atom stereocenters. The molecule has 2 heteroatoms. The van der Waals surface area contributed by atoms with E-state index in [4.69, 9.17) is 4.74 Å². The molecule has 0 aliphatic carbocycles. The van der Waals surface area contributed by atoms with Gasteiger partial charge < -0.3 is 9.64 Å². The molecule has 0 saturated heterocycles. The van der Waals surface area contributed by atoms with Gasteiger partial charge in [0.25, 0.3) is 0 Å². The first kappa shape index (κ1) is 11.9. The maximum atomic E-state index is 5.49. The standard InChI is InChI=1S/C13H21NO/c1-4-10-14(5-2)12-8-7-9-13(11-12)15-6-3/h7-9,11H,4-6,10H2,1-3H3. The summed E-state index contributed by atoms with van der Waals surface area (Å²) in [7, 11) is 0. The van der Waals surface area contributed by atoms with Crippen LogP contribution in [0.15, 0.2) is 24.3 Å². The van der Waals surface area contributed by atoms with Gasteiger partial charge in [0.15, 0.2) is 0 Å². The molecule has 0 aliphatic rings. The molecule has 0 atom stereocenters. The van der Waals surface area contributed by atoms with Gasteiger partial charge in [0.1, 0.15) is 5.75 Å². The van der Waals surface area contributed by atoms with Crippen molar-refractivity contribution in [2.24, 2.45) is 0 Å². The smallest absolute Gasteiger partial charge is 0.121 e. The highest BCUT2D eigenvalue weighted by Crippen LogP contribution is 2.21. The van der Waals surface area contributed by atoms with Crippen LogP contribution in [-0.2, 0) is 0 Å². The van der Waals surface area contributed by atoms with Crippen LogP contribution in [0.25, 0.3) is 0 Å². The molecule has 0 spiro atoms. The summed E-state index contributed by atoms with van der Waals surface area (Å²) in [5, 5.41) is 0. The SMILES string of the molecule is CCCN(CC)c1cccc(OCC)c1. The topological polar surface area (TPSA) is 12.5 Å². The number of anilines is 1. The van der Waals surface area contributed by atoms with Gasteiger partial charge in [-0.2, -0.15) is 0 Å². The van der Waals surface area contributed by atoms with Crippen LogP contribution in [0.5, 0.6) is 5.75 Å². The Morgan fingerprint density at radius 2 is 2.00 bits per heavy atom. The number of hydrogen-bond donors (Lipinski definition) is 0. The minimum Gasteiger partial charge on any atom is -0.494 e. The predicted molar refractivity (Wildman–Crippen MR) is 65.8 cm³/mol. The molecule has 0 aliphatic heterocycles. The number of rotatable bonds is 6. The van der Waals surface area contributed by atoms with Gasteiger partial charge in [-0.15, -0.1) is 0 Å². The highest BCUT2D eigenvalue weighted by Gasteiger charge is 2.03. The normalized spacial score (nSPS) is 10.1. The molecule has 0 amide bonds. The van der Waals surface area contributed by atoms with Crippen molar-refractivity contribution in [2.75, 3.05) is 24.6 Å². The van der Waals surface area contributed by atoms with Crippen molar-refractivity contribution in [3.05, 3.63) is 24.3 Å². The number of ether oxygens (including phenoxy) is 1. The van der Waals surface area contributed by atoms with Crippen molar-refractivity contribution in [1.82, 2.24) is 0 Å². The lowest BCUT2D eigenvalue weighted by molar-refractivity contribution is 0.340. The van der Waals surface area contributed by atoms with E-state index in [0.717, 1.165) is 25.4 Å². The third-order valence-corrected chi connectivity index (χ3v) is 2.37. The number of hydrogen-bond acceptors (Lipinski definition) is 2. The highest BCUT2D eigenvalue weighted by atomic mass is 16.5. The van der Waals surface area contributed by atoms with Gasteiger partial charge in [-0.25, -0.2) is 0 Å². The first-order valence-corrected chi connectivity index (χ1v) is 5.79. The van der Waals surface area contributed by atoms with Crippen molar-refractivity contribution in [3.63, 3.8) is 0 Å². The number of benzene rings is 1. The first-order chi connectivity index (χ1) is 7.31. The van der Waals surface area contributed by atoms with Crippen LogP contribution in [0.3, 0.4) is 0 Å².